The quantitative estimate of drug-likeness (QED) is 0.00937. The van der Waals surface area contributed by atoms with Crippen LogP contribution in [-0.4, -0.2) is 234 Å². The number of nitro groups is 1. The van der Waals surface area contributed by atoms with E-state index in [0.717, 1.165) is 59.0 Å². The number of nitro benzene ring substituents is 1. The van der Waals surface area contributed by atoms with Gasteiger partial charge in [-0.05, 0) is 125 Å². The van der Waals surface area contributed by atoms with Gasteiger partial charge in [-0.3, -0.25) is 34.1 Å². The number of halogens is 11. The lowest BCUT2D eigenvalue weighted by molar-refractivity contribution is -0.384. The van der Waals surface area contributed by atoms with E-state index in [2.05, 4.69) is 56.8 Å². The first-order valence-electron chi connectivity index (χ1n) is 43.4. The van der Waals surface area contributed by atoms with Crippen molar-refractivity contribution in [1.29, 1.82) is 0 Å². The van der Waals surface area contributed by atoms with E-state index in [1.54, 1.807) is 85.8 Å². The third-order valence-electron chi connectivity index (χ3n) is 20.9. The molecule has 12 aromatic rings. The van der Waals surface area contributed by atoms with Crippen LogP contribution in [-0.2, 0) is 29.6 Å². The van der Waals surface area contributed by atoms with Crippen molar-refractivity contribution in [1.82, 2.24) is 43.7 Å². The molecule has 40 nitrogen and oxygen atoms in total. The Morgan fingerprint density at radius 1 is 0.443 bits per heavy atom. The zero-order valence-electron chi connectivity index (χ0n) is 79.4. The molecule has 0 radical (unpaired) electrons. The zero-order chi connectivity index (χ0) is 110. The summed E-state index contributed by atoms with van der Waals surface area (Å²) in [5, 5.41) is 46.5. The molecule has 0 spiro atoms. The highest BCUT2D eigenvalue weighted by atomic mass is 35.5. The highest BCUT2D eigenvalue weighted by molar-refractivity contribution is 7.88. The number of nitrogens with zero attached hydrogens (tertiary/aromatic N) is 9. The van der Waals surface area contributed by atoms with Gasteiger partial charge in [0.1, 0.15) is 76.7 Å². The number of rotatable bonds is 28. The lowest BCUT2D eigenvalue weighted by Crippen LogP contribution is -2.48. The number of urea groups is 1. The van der Waals surface area contributed by atoms with Crippen molar-refractivity contribution in [3.05, 3.63) is 242 Å². The van der Waals surface area contributed by atoms with Crippen LogP contribution in [0.1, 0.15) is 129 Å². The van der Waals surface area contributed by atoms with Gasteiger partial charge >= 0.3 is 30.3 Å². The van der Waals surface area contributed by atoms with Gasteiger partial charge in [0, 0.05) is 121 Å². The van der Waals surface area contributed by atoms with Crippen LogP contribution in [0.25, 0.3) is 0 Å². The van der Waals surface area contributed by atoms with E-state index in [0.29, 0.717) is 145 Å². The van der Waals surface area contributed by atoms with Crippen molar-refractivity contribution in [2.45, 2.75) is 88.9 Å². The number of likely N-dealkylation sites (tertiary alicyclic amines) is 1. The summed E-state index contributed by atoms with van der Waals surface area (Å²) in [7, 11) is -0.214. The van der Waals surface area contributed by atoms with E-state index >= 15 is 0 Å². The molecule has 5 aromatic heterocycles. The molecule has 58 heteroatoms. The lowest BCUT2D eigenvalue weighted by Gasteiger charge is -2.32. The third-order valence-corrected chi connectivity index (χ3v) is 28.8. The number of carboxylic acid groups (broad SMARTS) is 2. The van der Waals surface area contributed by atoms with E-state index in [1.165, 1.54) is 131 Å². The topological polar surface area (TPSA) is 602 Å². The summed E-state index contributed by atoms with van der Waals surface area (Å²) in [6, 6.07) is 37.2. The smallest absolute Gasteiger partial charge is 0.490 e. The Kier molecular flexibility index (Phi) is 41.7. The van der Waals surface area contributed by atoms with Crippen LogP contribution in [0.15, 0.2) is 152 Å². The monoisotopic (exact) mass is 2240 g/mol. The summed E-state index contributed by atoms with van der Waals surface area (Å²) < 4.78 is 188. The Bertz CT molecular complexity index is 7020. The normalized spacial score (nSPS) is 13.5. The first kappa shape index (κ1) is 118. The van der Waals surface area contributed by atoms with Crippen LogP contribution >= 0.6 is 68.3 Å². The van der Waals surface area contributed by atoms with E-state index in [9.17, 15) is 99.6 Å². The van der Waals surface area contributed by atoms with E-state index < -0.39 is 89.7 Å². The largest absolute Gasteiger partial charge is 0.493 e. The number of amides is 2. The van der Waals surface area contributed by atoms with E-state index in [1.807, 2.05) is 13.8 Å². The Morgan fingerprint density at radius 3 is 1.09 bits per heavy atom. The number of carbonyl (C=O) groups is 8. The SMILES string of the molecule is CC(C)NC(=O)N1CCC(Nc2nc(N)c(C(=O)c3cccc(F)c3)s2)CC1.COc1ccc(Nc2nc(N)c(C(=O)c3cccc(F)c3)s2)cc1OC.COc1ccc(Nc2nc(N)c(C(=O)c3cccc([N+](=O)[O-])c3)s2)cc1OC.CS(=O)(=O)N1CCC(Nc2nc(N)c(C(=O)c3c(F)cccc3F)s2)CC1.CS(=O)(=O)N1CCC(Nc2nc(N)c(C(=O)c3ccccc3Cl)s2)CC1.O=C(O)C(F)(F)F.O=C(O)C(F)(F)F. The minimum atomic E-state index is -5.08. The number of alkyl halides is 6. The summed E-state index contributed by atoms with van der Waals surface area (Å²) in [4.78, 5) is 127. The number of carboxylic acids is 2. The van der Waals surface area contributed by atoms with E-state index in [4.69, 9.17) is 79.0 Å². The molecule has 15 rings (SSSR count). The fraction of sp³-hybridized carbons (Fsp3) is 0.286. The summed E-state index contributed by atoms with van der Waals surface area (Å²) in [6.07, 6.45) is -3.76. The maximum absolute atomic E-state index is 13.8. The molecular weight excluding hydrogens is 2140 g/mol. The minimum absolute atomic E-state index is 0.0401. The number of ether oxygens (including phenoxy) is 4. The third kappa shape index (κ3) is 33.9. The Hall–Kier alpha value is -14.7. The van der Waals surface area contributed by atoms with Crippen LogP contribution in [0.5, 0.6) is 23.0 Å². The predicted octanol–water partition coefficient (Wildman–Crippen LogP) is 16.4. The molecule has 0 atom stereocenters. The van der Waals surface area contributed by atoms with Gasteiger partial charge in [0.15, 0.2) is 48.7 Å². The van der Waals surface area contributed by atoms with Gasteiger partial charge in [-0.2, -0.15) is 26.3 Å². The van der Waals surface area contributed by atoms with Crippen molar-refractivity contribution in [3.63, 3.8) is 0 Å². The molecule has 0 saturated carbocycles. The van der Waals surface area contributed by atoms with Crippen LogP contribution in [0.4, 0.5) is 121 Å². The lowest BCUT2D eigenvalue weighted by atomic mass is 10.1. The van der Waals surface area contributed by atoms with Gasteiger partial charge < -0.3 is 94.6 Å². The van der Waals surface area contributed by atoms with Crippen molar-refractivity contribution in [2.75, 3.05) is 135 Å². The average molecular weight is 2240 g/mol. The first-order chi connectivity index (χ1) is 70.1. The molecule has 8 heterocycles. The van der Waals surface area contributed by atoms with Crippen molar-refractivity contribution >= 4 is 207 Å². The van der Waals surface area contributed by atoms with Gasteiger partial charge in [0.05, 0.1) is 56.5 Å². The fourth-order valence-electron chi connectivity index (χ4n) is 13.6. The number of methoxy groups -OCH3 is 4. The van der Waals surface area contributed by atoms with E-state index in [-0.39, 0.29) is 114 Å². The van der Waals surface area contributed by atoms with Crippen molar-refractivity contribution in [2.24, 2.45) is 0 Å². The van der Waals surface area contributed by atoms with Gasteiger partial charge in [-0.15, -0.1) is 0 Å². The number of nitrogen functional groups attached to an aromatic ring is 5. The molecule has 3 saturated heterocycles. The number of aliphatic carboxylic acids is 2. The molecule has 0 bridgehead atoms. The van der Waals surface area contributed by atoms with Crippen LogP contribution in [0, 0.1) is 33.4 Å². The summed E-state index contributed by atoms with van der Waals surface area (Å²) in [6.45, 7) is 6.83. The minimum Gasteiger partial charge on any atom is -0.493 e. The maximum Gasteiger partial charge on any atom is 0.490 e. The molecule has 3 aliphatic heterocycles. The number of benzene rings is 7. The Labute approximate surface area is 868 Å². The first-order valence-corrected chi connectivity index (χ1v) is 51.6. The number of hydrogen-bond acceptors (Lipinski definition) is 38. The van der Waals surface area contributed by atoms with Gasteiger partial charge in [-0.25, -0.2) is 82.3 Å². The van der Waals surface area contributed by atoms with Gasteiger partial charge in [0.2, 0.25) is 49.0 Å². The molecule has 149 heavy (non-hydrogen) atoms. The number of nitrogens with two attached hydrogens (primary N) is 5. The Balaban J connectivity index is 0.000000200. The molecule has 7 aromatic carbocycles. The number of thiazole rings is 5. The molecular formula is C91H95ClF10N20O20S7. The number of anilines is 12. The second-order valence-corrected chi connectivity index (χ2v) is 41.3. The molecule has 2 amide bonds. The molecule has 0 aliphatic carbocycles. The highest BCUT2D eigenvalue weighted by Gasteiger charge is 2.40. The number of non-ortho nitro benzene ring substituents is 1. The second kappa shape index (κ2) is 52.7. The number of nitrogens with one attached hydrogen (secondary N) is 6. The summed E-state index contributed by atoms with van der Waals surface area (Å²) in [5.41, 5.74) is 30.9. The molecule has 3 fully saturated rings. The average Bonchev–Trinajstić information content (AvgIpc) is 1.61. The van der Waals surface area contributed by atoms with Gasteiger partial charge in [-0.1, -0.05) is 123 Å². The highest BCUT2D eigenvalue weighted by Crippen LogP contribution is 2.40. The van der Waals surface area contributed by atoms with Crippen molar-refractivity contribution in [3.8, 4) is 23.0 Å². The standard InChI is InChI=1S/C19H24FN5O2S.C18H16FN3O3S.C18H16N4O5S.C16H19ClN4O3S2.C16H18F2N4O3S2.2C2HF3O2/c1-11(2)22-19(27)25-8-6-14(7-9-25)23-18-24-17(21)16(28-18)15(26)12-4-3-5-13(20)10-12;1-24-13-7-6-12(9-14(13)25-2)21-18-22-17(20)16(26-18)15(23)10-4-3-5-11(19)8-10;1-26-13-7-6-11(9-14(13)27-2)20-18-21-17(19)16(28-18)15(23)10-4-3-5-12(8-10)22(24)25;1-26(23,24)21-8-6-10(7-9-21)19-16-20-15(18)14(25-16)13(22)11-4-2-3-5-12(11)17;1-27(24,25)22-7-5-9(6-8-22)20-16-21-15(19)14(26-16)13(23)12-10(17)3-2-4-11(12)18;2*3-2(4,5)1(6)7/h3-5,10-11,14H,6-9,21H2,1-2H3,(H,22,27)(H,23,24);3-9H,20H2,1-2H3,(H,21,22);3-9H,19H2,1-2H3,(H,20,21);2-5,10H,6-9,18H2,1H3,(H,19,20);2-4,9H,5-8,19H2,1H3,(H,20,21);2*(H,6,7). The van der Waals surface area contributed by atoms with Crippen LogP contribution in [0.3, 0.4) is 0 Å². The van der Waals surface area contributed by atoms with Crippen LogP contribution in [0.2, 0.25) is 5.02 Å². The van der Waals surface area contributed by atoms with Crippen molar-refractivity contribution < 1.29 is 133 Å². The number of sulfonamides is 2. The number of piperidine rings is 3. The molecule has 3 aliphatic rings. The summed E-state index contributed by atoms with van der Waals surface area (Å²) >= 11 is 11.5. The zero-order valence-corrected chi connectivity index (χ0v) is 85.9. The predicted molar refractivity (Wildman–Crippen MR) is 545 cm³/mol. The number of carbonyl (C=O) groups excluding carboxylic acids is 6. The Morgan fingerprint density at radius 2 is 0.758 bits per heavy atom. The maximum atomic E-state index is 13.8. The molecule has 18 N–H and O–H groups in total. The molecule has 0 unspecified atom stereocenters. The number of aromatic nitrogens is 5. The summed E-state index contributed by atoms with van der Waals surface area (Å²) in [5.74, 6) is -8.08. The van der Waals surface area contributed by atoms with Crippen LogP contribution < -0.4 is 79.5 Å². The number of ketones is 5. The molecule has 798 valence electrons. The van der Waals surface area contributed by atoms with Gasteiger partial charge in [0.25, 0.3) is 5.69 Å². The second-order valence-electron chi connectivity index (χ2n) is 31.9. The fourth-order valence-corrected chi connectivity index (χ4v) is 20.1. The number of hydrogen-bond donors (Lipinski definition) is 13.